The van der Waals surface area contributed by atoms with Gasteiger partial charge < -0.3 is 19.3 Å². The summed E-state index contributed by atoms with van der Waals surface area (Å²) < 4.78 is 87.9. The largest absolute Gasteiger partial charge is 0.473 e. The zero-order valence-corrected chi connectivity index (χ0v) is 28.9. The van der Waals surface area contributed by atoms with Crippen LogP contribution in [-0.2, 0) is 13.2 Å². The Morgan fingerprint density at radius 2 is 1.35 bits per heavy atom. The number of piperazine rings is 1. The topological polar surface area (TPSA) is 41.1 Å². The highest BCUT2D eigenvalue weighted by atomic mass is 35.5. The molecule has 2 fully saturated rings. The van der Waals surface area contributed by atoms with E-state index in [1.54, 1.807) is 28.0 Å². The Bertz CT molecular complexity index is 2000. The van der Waals surface area contributed by atoms with Gasteiger partial charge in [0.1, 0.15) is 19.0 Å². The molecule has 12 heteroatoms. The summed E-state index contributed by atoms with van der Waals surface area (Å²) in [5, 5.41) is -0.314. The lowest BCUT2D eigenvalue weighted by Gasteiger charge is -2.47. The van der Waals surface area contributed by atoms with Gasteiger partial charge in [-0.3, -0.25) is 4.90 Å². The molecule has 0 bridgehead atoms. The summed E-state index contributed by atoms with van der Waals surface area (Å²) in [6.45, 7) is 1.06. The minimum Gasteiger partial charge on any atom is -0.473 e. The van der Waals surface area contributed by atoms with Crippen LogP contribution in [0, 0.1) is 17.5 Å². The lowest BCUT2D eigenvalue weighted by Crippen LogP contribution is -2.62. The molecule has 2 aliphatic heterocycles. The van der Waals surface area contributed by atoms with E-state index in [1.165, 1.54) is 29.2 Å². The number of alkyl halides is 2. The van der Waals surface area contributed by atoms with Crippen LogP contribution in [0.2, 0.25) is 5.02 Å². The molecule has 0 amide bonds. The molecule has 0 saturated carbocycles. The number of halogens is 6. The second-order valence-electron chi connectivity index (χ2n) is 12.9. The highest BCUT2D eigenvalue weighted by molar-refractivity contribution is 6.30. The van der Waals surface area contributed by atoms with Crippen molar-refractivity contribution in [3.8, 4) is 22.9 Å². The van der Waals surface area contributed by atoms with Crippen LogP contribution in [0.3, 0.4) is 0 Å². The first-order valence-corrected chi connectivity index (χ1v) is 17.4. The molecule has 270 valence electrons. The van der Waals surface area contributed by atoms with E-state index < -0.39 is 36.0 Å². The quantitative estimate of drug-likeness (QED) is 0.105. The van der Waals surface area contributed by atoms with Gasteiger partial charge in [-0.2, -0.15) is 4.98 Å². The Hall–Kier alpha value is -4.87. The fourth-order valence-corrected chi connectivity index (χ4v) is 6.99. The van der Waals surface area contributed by atoms with Gasteiger partial charge in [0.2, 0.25) is 11.8 Å². The van der Waals surface area contributed by atoms with E-state index in [1.807, 2.05) is 60.7 Å². The van der Waals surface area contributed by atoms with Crippen molar-refractivity contribution in [2.75, 3.05) is 49.1 Å². The number of benzene rings is 4. The number of hydrogen-bond donors (Lipinski definition) is 0. The zero-order valence-electron chi connectivity index (χ0n) is 28.1. The predicted molar refractivity (Wildman–Crippen MR) is 192 cm³/mol. The van der Waals surface area contributed by atoms with Crippen LogP contribution < -0.4 is 19.3 Å². The van der Waals surface area contributed by atoms with Gasteiger partial charge in [0, 0.05) is 44.4 Å². The summed E-state index contributed by atoms with van der Waals surface area (Å²) in [5.74, 6) is -5.39. The van der Waals surface area contributed by atoms with Crippen molar-refractivity contribution < 1.29 is 31.4 Å². The molecule has 6 nitrogen and oxygen atoms in total. The summed E-state index contributed by atoms with van der Waals surface area (Å²) in [6, 6.07) is 28.8. The maximum absolute atomic E-state index is 15.8. The second-order valence-corrected chi connectivity index (χ2v) is 13.3. The molecule has 0 N–H and O–H groups in total. The molecule has 0 radical (unpaired) electrons. The molecule has 3 heterocycles. The maximum atomic E-state index is 15.8. The van der Waals surface area contributed by atoms with Crippen molar-refractivity contribution in [1.29, 1.82) is 0 Å². The zero-order chi connectivity index (χ0) is 36.2. The number of anilines is 2. The minimum atomic E-state index is -3.15. The molecule has 5 aromatic rings. The summed E-state index contributed by atoms with van der Waals surface area (Å²) in [5.41, 5.74) is 3.03. The third-order valence-electron chi connectivity index (χ3n) is 9.55. The average molecular weight is 735 g/mol. The Balaban J connectivity index is 1.04. The van der Waals surface area contributed by atoms with Crippen molar-refractivity contribution in [3.05, 3.63) is 137 Å². The van der Waals surface area contributed by atoms with E-state index in [-0.39, 0.29) is 68.0 Å². The van der Waals surface area contributed by atoms with E-state index >= 15 is 13.2 Å². The summed E-state index contributed by atoms with van der Waals surface area (Å²) in [7, 11) is 0. The predicted octanol–water partition coefficient (Wildman–Crippen LogP) is 9.01. The van der Waals surface area contributed by atoms with E-state index in [0.29, 0.717) is 23.6 Å². The van der Waals surface area contributed by atoms with Crippen LogP contribution in [0.25, 0.3) is 11.1 Å². The molecule has 52 heavy (non-hydrogen) atoms. The average Bonchev–Trinajstić information content (AvgIpc) is 3.16. The number of pyridine rings is 1. The van der Waals surface area contributed by atoms with Crippen molar-refractivity contribution in [3.63, 3.8) is 0 Å². The van der Waals surface area contributed by atoms with E-state index in [4.69, 9.17) is 21.1 Å². The van der Waals surface area contributed by atoms with Gasteiger partial charge in [-0.15, -0.1) is 0 Å². The fourth-order valence-electron chi connectivity index (χ4n) is 6.84. The van der Waals surface area contributed by atoms with Crippen LogP contribution >= 0.6 is 11.6 Å². The van der Waals surface area contributed by atoms with Crippen LogP contribution in [0.1, 0.15) is 17.5 Å². The number of piperidine rings is 1. The van der Waals surface area contributed by atoms with Gasteiger partial charge in [0.05, 0.1) is 29.0 Å². The summed E-state index contributed by atoms with van der Waals surface area (Å²) in [4.78, 5) is 9.30. The number of nitrogens with zero attached hydrogens (tertiary/aromatic N) is 4. The van der Waals surface area contributed by atoms with Crippen LogP contribution in [0.4, 0.5) is 33.3 Å². The lowest BCUT2D eigenvalue weighted by molar-refractivity contribution is -0.0892. The second kappa shape index (κ2) is 15.4. The van der Waals surface area contributed by atoms with Crippen LogP contribution in [0.5, 0.6) is 11.8 Å². The molecular formula is C40H36ClF5N4O2. The van der Waals surface area contributed by atoms with Crippen molar-refractivity contribution >= 4 is 23.0 Å². The monoisotopic (exact) mass is 734 g/mol. The maximum Gasteiger partial charge on any atom is 0.280 e. The van der Waals surface area contributed by atoms with Crippen LogP contribution in [-0.4, -0.2) is 61.1 Å². The van der Waals surface area contributed by atoms with Crippen molar-refractivity contribution in [1.82, 2.24) is 9.88 Å². The molecule has 0 aliphatic carbocycles. The Morgan fingerprint density at radius 3 is 2.00 bits per heavy atom. The molecule has 0 spiro atoms. The summed E-state index contributed by atoms with van der Waals surface area (Å²) in [6.07, 6.45) is 0.101. The van der Waals surface area contributed by atoms with E-state index in [0.717, 1.165) is 11.1 Å². The van der Waals surface area contributed by atoms with Gasteiger partial charge in [-0.05, 0) is 53.4 Å². The first-order chi connectivity index (χ1) is 25.2. The first-order valence-electron chi connectivity index (χ1n) is 17.1. The molecule has 2 aliphatic rings. The Kier molecular flexibility index (Phi) is 10.5. The molecule has 1 aromatic heterocycles. The number of aromatic nitrogens is 1. The van der Waals surface area contributed by atoms with Gasteiger partial charge in [0.15, 0.2) is 11.6 Å². The van der Waals surface area contributed by atoms with Crippen LogP contribution in [0.15, 0.2) is 103 Å². The van der Waals surface area contributed by atoms with Gasteiger partial charge in [-0.25, -0.2) is 22.0 Å². The Labute approximate surface area is 304 Å². The third-order valence-corrected chi connectivity index (χ3v) is 9.85. The highest BCUT2D eigenvalue weighted by Gasteiger charge is 2.48. The standard InChI is InChI=1S/C40H36ClF5N4O2/c41-31-13-15-34(38(44)37(31)43)48-19-21-49(22-20-48)35-17-18-50(26-40(35,45)46)33-14-11-29(23-32(33)42)30-12-16-36(51-24-27-7-3-1-4-8-27)47-39(30)52-25-28-9-5-2-6-10-28/h1-16,23,35H,17-22,24-26H2/t35-/m0/s1. The molecule has 2 saturated heterocycles. The van der Waals surface area contributed by atoms with Crippen molar-refractivity contribution in [2.45, 2.75) is 31.6 Å². The number of ether oxygens (including phenoxy) is 2. The van der Waals surface area contributed by atoms with Gasteiger partial charge in [-0.1, -0.05) is 78.3 Å². The molecule has 4 aromatic carbocycles. The molecule has 7 rings (SSSR count). The molecular weight excluding hydrogens is 699 g/mol. The summed E-state index contributed by atoms with van der Waals surface area (Å²) >= 11 is 5.69. The number of rotatable bonds is 10. The van der Waals surface area contributed by atoms with E-state index in [2.05, 4.69) is 4.98 Å². The molecule has 1 atom stereocenters. The van der Waals surface area contributed by atoms with Gasteiger partial charge in [0.25, 0.3) is 5.92 Å². The van der Waals surface area contributed by atoms with Crippen molar-refractivity contribution in [2.24, 2.45) is 0 Å². The van der Waals surface area contributed by atoms with E-state index in [9.17, 15) is 8.78 Å². The first kappa shape index (κ1) is 35.5. The fraction of sp³-hybridized carbons (Fsp3) is 0.275. The normalized spacial score (nSPS) is 17.6. The SMILES string of the molecule is Fc1cc(-c2ccc(OCc3ccccc3)nc2OCc2ccccc2)ccc1N1CC[C@H](N2CCN(c3ccc(Cl)c(F)c3F)CC2)C(F)(F)C1. The molecule has 0 unspecified atom stereocenters. The Morgan fingerprint density at radius 1 is 0.692 bits per heavy atom. The highest BCUT2D eigenvalue weighted by Crippen LogP contribution is 2.38. The number of hydrogen-bond acceptors (Lipinski definition) is 6. The smallest absolute Gasteiger partial charge is 0.280 e. The van der Waals surface area contributed by atoms with Gasteiger partial charge >= 0.3 is 0 Å². The third kappa shape index (κ3) is 7.80. The lowest BCUT2D eigenvalue weighted by atomic mass is 9.97. The minimum absolute atomic E-state index is 0.0556.